The van der Waals surface area contributed by atoms with Crippen LogP contribution in [0.5, 0.6) is 0 Å². The molecule has 0 bridgehead atoms. The second kappa shape index (κ2) is 6.12. The number of hydrazone groups is 1. The van der Waals surface area contributed by atoms with Gasteiger partial charge in [-0.1, -0.05) is 12.1 Å². The zero-order valence-electron chi connectivity index (χ0n) is 11.6. The molecule has 0 atom stereocenters. The van der Waals surface area contributed by atoms with E-state index < -0.39 is 10.1 Å². The smallest absolute Gasteiger partial charge is 0.295 e. The summed E-state index contributed by atoms with van der Waals surface area (Å²) < 4.78 is 31.3. The molecule has 0 fully saturated rings. The molecular weight excluding hydrogens is 282 g/mol. The van der Waals surface area contributed by atoms with Crippen molar-refractivity contribution in [3.8, 4) is 0 Å². The highest BCUT2D eigenvalue weighted by Gasteiger charge is 2.13. The number of carbonyl (C=O) groups excluding carboxylic acids is 1. The molecule has 0 radical (unpaired) electrons. The lowest BCUT2D eigenvalue weighted by molar-refractivity contribution is -0.862. The van der Waals surface area contributed by atoms with Crippen molar-refractivity contribution in [1.82, 2.24) is 5.43 Å². The molecule has 0 aliphatic rings. The van der Waals surface area contributed by atoms with Crippen LogP contribution < -0.4 is 5.43 Å². The quantitative estimate of drug-likeness (QED) is 0.349. The van der Waals surface area contributed by atoms with E-state index in [2.05, 4.69) is 10.5 Å². The molecule has 0 saturated carbocycles. The SMILES string of the molecule is C[N+](C)(C)CC(=O)N/N=C/c1cccc(S(=O)(=O)O)c1. The number of nitrogens with one attached hydrogen (secondary N) is 1. The second-order valence-corrected chi connectivity index (χ2v) is 6.71. The van der Waals surface area contributed by atoms with Gasteiger partial charge in [0, 0.05) is 0 Å². The average molecular weight is 300 g/mol. The molecule has 1 aromatic rings. The molecule has 20 heavy (non-hydrogen) atoms. The van der Waals surface area contributed by atoms with Gasteiger partial charge in [0.1, 0.15) is 0 Å². The van der Waals surface area contributed by atoms with Crippen molar-refractivity contribution >= 4 is 22.2 Å². The Kier molecular flexibility index (Phi) is 4.98. The van der Waals surface area contributed by atoms with E-state index in [0.29, 0.717) is 10.0 Å². The highest BCUT2D eigenvalue weighted by atomic mass is 32.2. The summed E-state index contributed by atoms with van der Waals surface area (Å²) in [6.45, 7) is 0.266. The molecular formula is C12H18N3O4S+. The van der Waals surface area contributed by atoms with E-state index in [4.69, 9.17) is 4.55 Å². The van der Waals surface area contributed by atoms with Crippen molar-refractivity contribution in [2.45, 2.75) is 4.90 Å². The predicted molar refractivity (Wildman–Crippen MR) is 74.9 cm³/mol. The Morgan fingerprint density at radius 2 is 2.05 bits per heavy atom. The summed E-state index contributed by atoms with van der Waals surface area (Å²) in [6, 6.07) is 5.59. The number of likely N-dealkylation sites (N-methyl/N-ethyl adjacent to an activating group) is 1. The minimum Gasteiger partial charge on any atom is -0.323 e. The van der Waals surface area contributed by atoms with Gasteiger partial charge in [0.15, 0.2) is 6.54 Å². The first-order chi connectivity index (χ1) is 9.08. The molecule has 7 nitrogen and oxygen atoms in total. The highest BCUT2D eigenvalue weighted by molar-refractivity contribution is 7.85. The van der Waals surface area contributed by atoms with Gasteiger partial charge in [0.05, 0.1) is 32.3 Å². The summed E-state index contributed by atoms with van der Waals surface area (Å²) in [4.78, 5) is 11.3. The van der Waals surface area contributed by atoms with Crippen molar-refractivity contribution in [2.75, 3.05) is 27.7 Å². The summed E-state index contributed by atoms with van der Waals surface area (Å²) in [6.07, 6.45) is 1.31. The number of benzene rings is 1. The third-order valence-corrected chi connectivity index (χ3v) is 3.03. The Hall–Kier alpha value is -1.77. The number of quaternary nitrogens is 1. The van der Waals surface area contributed by atoms with E-state index in [1.165, 1.54) is 24.4 Å². The van der Waals surface area contributed by atoms with Crippen LogP contribution in [0, 0.1) is 0 Å². The number of nitrogens with zero attached hydrogens (tertiary/aromatic N) is 2. The standard InChI is InChI=1S/C12H17N3O4S/c1-15(2,3)9-12(16)14-13-8-10-5-4-6-11(7-10)20(17,18)19/h4-8H,9H2,1-3H3,(H-,14,16,17,18,19)/p+1/b13-8+. The topological polar surface area (TPSA) is 95.8 Å². The fourth-order valence-corrected chi connectivity index (χ4v) is 1.94. The average Bonchev–Trinajstić information content (AvgIpc) is 2.25. The molecule has 8 heteroatoms. The number of amides is 1. The Balaban J connectivity index is 2.70. The molecule has 0 aliphatic carbocycles. The lowest BCUT2D eigenvalue weighted by Crippen LogP contribution is -2.43. The lowest BCUT2D eigenvalue weighted by Gasteiger charge is -2.21. The minimum absolute atomic E-state index is 0.223. The van der Waals surface area contributed by atoms with Gasteiger partial charge in [0.25, 0.3) is 16.0 Å². The van der Waals surface area contributed by atoms with E-state index in [-0.39, 0.29) is 17.3 Å². The molecule has 0 aromatic heterocycles. The number of carbonyl (C=O) groups is 1. The lowest BCUT2D eigenvalue weighted by atomic mass is 10.2. The van der Waals surface area contributed by atoms with Gasteiger partial charge in [-0.25, -0.2) is 5.43 Å². The summed E-state index contributed by atoms with van der Waals surface area (Å²) >= 11 is 0. The van der Waals surface area contributed by atoms with Crippen LogP contribution >= 0.6 is 0 Å². The molecule has 2 N–H and O–H groups in total. The van der Waals surface area contributed by atoms with Crippen LogP contribution in [-0.4, -0.2) is 57.3 Å². The van der Waals surface area contributed by atoms with Gasteiger partial charge in [-0.3, -0.25) is 9.35 Å². The normalized spacial score (nSPS) is 12.6. The largest absolute Gasteiger partial charge is 0.323 e. The Bertz CT molecular complexity index is 618. The molecule has 1 amide bonds. The summed E-state index contributed by atoms with van der Waals surface area (Å²) in [7, 11) is 1.38. The van der Waals surface area contributed by atoms with E-state index in [0.717, 1.165) is 0 Å². The number of hydrogen-bond donors (Lipinski definition) is 2. The third-order valence-electron chi connectivity index (χ3n) is 2.18. The first kappa shape index (κ1) is 16.3. The molecule has 1 rings (SSSR count). The Labute approximate surface area is 118 Å². The monoisotopic (exact) mass is 300 g/mol. The first-order valence-electron chi connectivity index (χ1n) is 5.78. The van der Waals surface area contributed by atoms with E-state index in [9.17, 15) is 13.2 Å². The van der Waals surface area contributed by atoms with Crippen molar-refractivity contribution in [3.63, 3.8) is 0 Å². The van der Waals surface area contributed by atoms with Gasteiger partial charge in [-0.05, 0) is 17.7 Å². The van der Waals surface area contributed by atoms with Crippen molar-refractivity contribution in [3.05, 3.63) is 29.8 Å². The van der Waals surface area contributed by atoms with Gasteiger partial charge < -0.3 is 4.48 Å². The third kappa shape index (κ3) is 5.91. The van der Waals surface area contributed by atoms with Crippen LogP contribution in [0.2, 0.25) is 0 Å². The maximum atomic E-state index is 11.5. The summed E-state index contributed by atoms with van der Waals surface area (Å²) in [5.41, 5.74) is 2.80. The zero-order chi connectivity index (χ0) is 15.4. The van der Waals surface area contributed by atoms with Crippen molar-refractivity contribution < 1.29 is 22.2 Å². The van der Waals surface area contributed by atoms with E-state index in [1.54, 1.807) is 6.07 Å². The molecule has 0 unspecified atom stereocenters. The van der Waals surface area contributed by atoms with Gasteiger partial charge >= 0.3 is 0 Å². The predicted octanol–water partition coefficient (Wildman–Crippen LogP) is 0.0896. The summed E-state index contributed by atoms with van der Waals surface area (Å²) in [5, 5.41) is 3.74. The zero-order valence-corrected chi connectivity index (χ0v) is 12.4. The van der Waals surface area contributed by atoms with Crippen molar-refractivity contribution in [2.24, 2.45) is 5.10 Å². The molecule has 0 heterocycles. The highest BCUT2D eigenvalue weighted by Crippen LogP contribution is 2.09. The summed E-state index contributed by atoms with van der Waals surface area (Å²) in [5.74, 6) is -0.250. The van der Waals surface area contributed by atoms with E-state index in [1.807, 2.05) is 21.1 Å². The molecule has 110 valence electrons. The number of hydrogen-bond acceptors (Lipinski definition) is 4. The number of rotatable bonds is 5. The molecule has 1 aromatic carbocycles. The second-order valence-electron chi connectivity index (χ2n) is 5.29. The van der Waals surface area contributed by atoms with Gasteiger partial charge in [-0.2, -0.15) is 13.5 Å². The molecule has 0 spiro atoms. The maximum absolute atomic E-state index is 11.5. The van der Waals surface area contributed by atoms with Crippen LogP contribution in [0.4, 0.5) is 0 Å². The minimum atomic E-state index is -4.24. The van der Waals surface area contributed by atoms with Crippen LogP contribution in [0.1, 0.15) is 5.56 Å². The fourth-order valence-electron chi connectivity index (χ4n) is 1.40. The van der Waals surface area contributed by atoms with Crippen LogP contribution in [0.25, 0.3) is 0 Å². The van der Waals surface area contributed by atoms with Crippen LogP contribution in [0.15, 0.2) is 34.3 Å². The maximum Gasteiger partial charge on any atom is 0.295 e. The van der Waals surface area contributed by atoms with Crippen LogP contribution in [-0.2, 0) is 14.9 Å². The Morgan fingerprint density at radius 1 is 1.40 bits per heavy atom. The fraction of sp³-hybridized carbons (Fsp3) is 0.333. The van der Waals surface area contributed by atoms with Crippen LogP contribution in [0.3, 0.4) is 0 Å². The first-order valence-corrected chi connectivity index (χ1v) is 7.22. The van der Waals surface area contributed by atoms with Crippen molar-refractivity contribution in [1.29, 1.82) is 0 Å². The molecule has 0 saturated heterocycles. The Morgan fingerprint density at radius 3 is 2.60 bits per heavy atom. The van der Waals surface area contributed by atoms with E-state index >= 15 is 0 Å². The van der Waals surface area contributed by atoms with Gasteiger partial charge in [0.2, 0.25) is 0 Å². The molecule has 0 aliphatic heterocycles. The van der Waals surface area contributed by atoms with Gasteiger partial charge in [-0.15, -0.1) is 0 Å².